The number of para-hydroxylation sites is 1. The summed E-state index contributed by atoms with van der Waals surface area (Å²) >= 11 is 7.62. The van der Waals surface area contributed by atoms with Gasteiger partial charge >= 0.3 is 0 Å². The molecule has 4 aromatic rings. The lowest BCUT2D eigenvalue weighted by Gasteiger charge is -2.13. The fraction of sp³-hybridized carbons (Fsp3) is 0.0556. The van der Waals surface area contributed by atoms with Crippen LogP contribution in [0.1, 0.15) is 5.56 Å². The second-order valence-corrected chi connectivity index (χ2v) is 7.15. The number of anilines is 5. The molecule has 0 aliphatic rings. The third-order valence-electron chi connectivity index (χ3n) is 3.86. The van der Waals surface area contributed by atoms with E-state index in [0.717, 1.165) is 26.6 Å². The van der Waals surface area contributed by atoms with E-state index < -0.39 is 0 Å². The van der Waals surface area contributed by atoms with E-state index in [2.05, 4.69) is 25.6 Å². The summed E-state index contributed by atoms with van der Waals surface area (Å²) in [6, 6.07) is 13.5. The Morgan fingerprint density at radius 2 is 1.81 bits per heavy atom. The summed E-state index contributed by atoms with van der Waals surface area (Å²) in [6.07, 6.45) is 1.45. The molecule has 0 saturated carbocycles. The highest BCUT2D eigenvalue weighted by molar-refractivity contribution is 7.22. The highest BCUT2D eigenvalue weighted by Crippen LogP contribution is 2.32. The number of nitrogens with zero attached hydrogens (tertiary/aromatic N) is 3. The summed E-state index contributed by atoms with van der Waals surface area (Å²) in [4.78, 5) is 13.0. The number of hydrogen-bond donors (Lipinski definition) is 3. The van der Waals surface area contributed by atoms with Crippen molar-refractivity contribution in [3.05, 3.63) is 59.4 Å². The third-order valence-corrected chi connectivity index (χ3v) is 5.04. The zero-order valence-corrected chi connectivity index (χ0v) is 15.4. The van der Waals surface area contributed by atoms with Gasteiger partial charge in [-0.2, -0.15) is 0 Å². The summed E-state index contributed by atoms with van der Waals surface area (Å²) in [5.41, 5.74) is 9.47. The molecule has 8 heteroatoms. The number of aryl methyl sites for hydroxylation is 1. The molecule has 0 amide bonds. The molecule has 4 rings (SSSR count). The molecule has 0 unspecified atom stereocenters. The molecule has 0 radical (unpaired) electrons. The summed E-state index contributed by atoms with van der Waals surface area (Å²) in [5.74, 6) is 1.01. The van der Waals surface area contributed by atoms with Crippen LogP contribution in [0.25, 0.3) is 10.2 Å². The standard InChI is InChI=1S/C18H15ClN6S/c1-10-6-7-11(19)8-13(10)23-16-15(20)17(22-9-21-16)25-18-24-12-4-2-3-5-14(12)26-18/h2-9H,20H2,1H3,(H2,21,22,23,24,25). The number of rotatable bonds is 4. The molecule has 6 nitrogen and oxygen atoms in total. The van der Waals surface area contributed by atoms with Crippen molar-refractivity contribution in [3.63, 3.8) is 0 Å². The largest absolute Gasteiger partial charge is 0.393 e. The number of nitrogen functional groups attached to an aromatic ring is 1. The van der Waals surface area contributed by atoms with Crippen LogP contribution < -0.4 is 16.4 Å². The second kappa shape index (κ2) is 6.78. The molecule has 130 valence electrons. The fourth-order valence-electron chi connectivity index (χ4n) is 2.48. The van der Waals surface area contributed by atoms with Gasteiger partial charge in [0.15, 0.2) is 16.8 Å². The highest BCUT2D eigenvalue weighted by Gasteiger charge is 2.12. The van der Waals surface area contributed by atoms with Gasteiger partial charge in [0.25, 0.3) is 0 Å². The molecule has 0 spiro atoms. The van der Waals surface area contributed by atoms with E-state index in [0.29, 0.717) is 22.3 Å². The molecule has 0 aliphatic heterocycles. The predicted molar refractivity (Wildman–Crippen MR) is 109 cm³/mol. The van der Waals surface area contributed by atoms with E-state index in [1.165, 1.54) is 17.7 Å². The van der Waals surface area contributed by atoms with Gasteiger partial charge in [0.2, 0.25) is 0 Å². The van der Waals surface area contributed by atoms with Gasteiger partial charge in [0, 0.05) is 10.7 Å². The monoisotopic (exact) mass is 382 g/mol. The normalized spacial score (nSPS) is 10.8. The minimum atomic E-state index is 0.408. The van der Waals surface area contributed by atoms with Crippen molar-refractivity contribution in [1.29, 1.82) is 0 Å². The average Bonchev–Trinajstić information content (AvgIpc) is 3.04. The maximum Gasteiger partial charge on any atom is 0.189 e. The molecule has 0 atom stereocenters. The number of nitrogens with one attached hydrogen (secondary N) is 2. The van der Waals surface area contributed by atoms with Gasteiger partial charge in [-0.15, -0.1) is 0 Å². The summed E-state index contributed by atoms with van der Waals surface area (Å²) < 4.78 is 1.09. The van der Waals surface area contributed by atoms with Gasteiger partial charge in [0.05, 0.1) is 10.2 Å². The quantitative estimate of drug-likeness (QED) is 0.454. The Morgan fingerprint density at radius 3 is 2.62 bits per heavy atom. The third kappa shape index (κ3) is 3.26. The average molecular weight is 383 g/mol. The van der Waals surface area contributed by atoms with Crippen LogP contribution in [0.2, 0.25) is 5.02 Å². The van der Waals surface area contributed by atoms with Crippen LogP contribution in [0.3, 0.4) is 0 Å². The van der Waals surface area contributed by atoms with Crippen LogP contribution >= 0.6 is 22.9 Å². The van der Waals surface area contributed by atoms with Crippen molar-refractivity contribution in [2.24, 2.45) is 0 Å². The lowest BCUT2D eigenvalue weighted by atomic mass is 10.2. The van der Waals surface area contributed by atoms with E-state index in [1.54, 1.807) is 0 Å². The Balaban J connectivity index is 1.64. The Labute approximate surface area is 159 Å². The van der Waals surface area contributed by atoms with Crippen molar-refractivity contribution in [1.82, 2.24) is 15.0 Å². The topological polar surface area (TPSA) is 88.8 Å². The van der Waals surface area contributed by atoms with E-state index in [4.69, 9.17) is 17.3 Å². The Bertz CT molecular complexity index is 1060. The molecule has 26 heavy (non-hydrogen) atoms. The Morgan fingerprint density at radius 1 is 1.04 bits per heavy atom. The van der Waals surface area contributed by atoms with E-state index >= 15 is 0 Å². The van der Waals surface area contributed by atoms with E-state index in [1.807, 2.05) is 49.4 Å². The van der Waals surface area contributed by atoms with Crippen LogP contribution in [-0.2, 0) is 0 Å². The Hall–Kier alpha value is -2.90. The van der Waals surface area contributed by atoms with Gasteiger partial charge in [-0.1, -0.05) is 41.1 Å². The van der Waals surface area contributed by atoms with Crippen molar-refractivity contribution < 1.29 is 0 Å². The Kier molecular flexibility index (Phi) is 4.32. The maximum atomic E-state index is 6.26. The number of nitrogens with two attached hydrogens (primary N) is 1. The van der Waals surface area contributed by atoms with Crippen LogP contribution in [0, 0.1) is 6.92 Å². The molecule has 0 aliphatic carbocycles. The first-order valence-electron chi connectivity index (χ1n) is 7.86. The molecule has 2 aromatic heterocycles. The minimum absolute atomic E-state index is 0.408. The minimum Gasteiger partial charge on any atom is -0.393 e. The fourth-order valence-corrected chi connectivity index (χ4v) is 3.52. The molecular formula is C18H15ClN6S. The lowest BCUT2D eigenvalue weighted by Crippen LogP contribution is -2.05. The number of aromatic nitrogens is 3. The van der Waals surface area contributed by atoms with E-state index in [9.17, 15) is 0 Å². The maximum absolute atomic E-state index is 6.26. The van der Waals surface area contributed by atoms with Crippen molar-refractivity contribution in [2.75, 3.05) is 16.4 Å². The smallest absolute Gasteiger partial charge is 0.189 e. The number of benzene rings is 2. The molecule has 2 heterocycles. The van der Waals surface area contributed by atoms with Crippen molar-refractivity contribution in [2.45, 2.75) is 6.92 Å². The van der Waals surface area contributed by atoms with Gasteiger partial charge in [-0.25, -0.2) is 15.0 Å². The summed E-state index contributed by atoms with van der Waals surface area (Å²) in [6.45, 7) is 1.98. The molecule has 0 saturated heterocycles. The summed E-state index contributed by atoms with van der Waals surface area (Å²) in [7, 11) is 0. The lowest BCUT2D eigenvalue weighted by molar-refractivity contribution is 1.17. The van der Waals surface area contributed by atoms with Gasteiger partial charge in [-0.3, -0.25) is 0 Å². The van der Waals surface area contributed by atoms with Crippen LogP contribution in [0.5, 0.6) is 0 Å². The summed E-state index contributed by atoms with van der Waals surface area (Å²) in [5, 5.41) is 7.76. The van der Waals surface area contributed by atoms with Gasteiger partial charge in [0.1, 0.15) is 12.0 Å². The second-order valence-electron chi connectivity index (χ2n) is 5.68. The van der Waals surface area contributed by atoms with Gasteiger partial charge < -0.3 is 16.4 Å². The van der Waals surface area contributed by atoms with Crippen LogP contribution in [0.15, 0.2) is 48.8 Å². The first-order chi connectivity index (χ1) is 12.6. The van der Waals surface area contributed by atoms with Gasteiger partial charge in [-0.05, 0) is 36.8 Å². The molecule has 2 aromatic carbocycles. The van der Waals surface area contributed by atoms with Crippen LogP contribution in [0.4, 0.5) is 28.1 Å². The number of thiazole rings is 1. The number of hydrogen-bond acceptors (Lipinski definition) is 7. The first kappa shape index (κ1) is 16.6. The zero-order valence-electron chi connectivity index (χ0n) is 13.8. The molecular weight excluding hydrogens is 368 g/mol. The first-order valence-corrected chi connectivity index (χ1v) is 9.06. The number of halogens is 1. The van der Waals surface area contributed by atoms with E-state index in [-0.39, 0.29) is 0 Å². The predicted octanol–water partition coefficient (Wildman–Crippen LogP) is 5.12. The molecule has 0 bridgehead atoms. The molecule has 0 fully saturated rings. The van der Waals surface area contributed by atoms with Crippen molar-refractivity contribution in [3.8, 4) is 0 Å². The SMILES string of the molecule is Cc1ccc(Cl)cc1Nc1ncnc(Nc2nc3ccccc3s2)c1N. The van der Waals surface area contributed by atoms with Crippen molar-refractivity contribution >= 4 is 61.3 Å². The molecule has 4 N–H and O–H groups in total. The van der Waals surface area contributed by atoms with Crippen LogP contribution in [-0.4, -0.2) is 15.0 Å². The number of fused-ring (bicyclic) bond motifs is 1. The zero-order chi connectivity index (χ0) is 18.1. The highest BCUT2D eigenvalue weighted by atomic mass is 35.5.